The fourth-order valence-electron chi connectivity index (χ4n) is 3.05. The molecule has 2 heterocycles. The lowest BCUT2D eigenvalue weighted by atomic mass is 10.1. The van der Waals surface area contributed by atoms with E-state index < -0.39 is 12.1 Å². The molecule has 2 aliphatic heterocycles. The van der Waals surface area contributed by atoms with E-state index in [1.807, 2.05) is 0 Å². The molecule has 0 aromatic heterocycles. The van der Waals surface area contributed by atoms with Crippen molar-refractivity contribution in [2.24, 2.45) is 0 Å². The average molecular weight is 361 g/mol. The normalized spacial score (nSPS) is 20.3. The number of imide groups is 1. The van der Waals surface area contributed by atoms with Crippen LogP contribution in [0.4, 0.5) is 0 Å². The summed E-state index contributed by atoms with van der Waals surface area (Å²) in [5.41, 5.74) is 0.844. The molecule has 2 unspecified atom stereocenters. The summed E-state index contributed by atoms with van der Waals surface area (Å²) in [5, 5.41) is 0. The molecular weight excluding hydrogens is 338 g/mol. The number of nitrogens with zero attached hydrogens (tertiary/aromatic N) is 1. The van der Waals surface area contributed by atoms with Gasteiger partial charge < -0.3 is 14.2 Å². The lowest BCUT2D eigenvalue weighted by molar-refractivity contribution is -0.157. The van der Waals surface area contributed by atoms with Crippen LogP contribution in [-0.2, 0) is 19.0 Å². The quantitative estimate of drug-likeness (QED) is 0.399. The van der Waals surface area contributed by atoms with Gasteiger partial charge in [-0.05, 0) is 38.3 Å². The van der Waals surface area contributed by atoms with Gasteiger partial charge in [-0.15, -0.1) is 0 Å². The molecule has 1 fully saturated rings. The van der Waals surface area contributed by atoms with Gasteiger partial charge in [0.2, 0.25) is 0 Å². The van der Waals surface area contributed by atoms with Crippen molar-refractivity contribution in [2.75, 3.05) is 26.4 Å². The van der Waals surface area contributed by atoms with Gasteiger partial charge in [0.25, 0.3) is 11.8 Å². The number of fused-ring (bicyclic) bond motifs is 1. The Balaban J connectivity index is 1.37. The largest absolute Gasteiger partial charge is 0.464 e. The van der Waals surface area contributed by atoms with Gasteiger partial charge in [0, 0.05) is 13.2 Å². The Labute approximate surface area is 152 Å². The van der Waals surface area contributed by atoms with E-state index in [0.29, 0.717) is 24.2 Å². The summed E-state index contributed by atoms with van der Waals surface area (Å²) in [6.45, 7) is 3.10. The Hall–Kier alpha value is -2.25. The smallest absolute Gasteiger partial charge is 0.334 e. The second kappa shape index (κ2) is 8.42. The number of benzene rings is 1. The molecule has 0 spiro atoms. The van der Waals surface area contributed by atoms with E-state index in [0.717, 1.165) is 19.4 Å². The average Bonchev–Trinajstić information content (AvgIpc) is 3.25. The van der Waals surface area contributed by atoms with E-state index in [4.69, 9.17) is 14.2 Å². The highest BCUT2D eigenvalue weighted by atomic mass is 16.6. The zero-order valence-corrected chi connectivity index (χ0v) is 14.8. The maximum absolute atomic E-state index is 12.2. The number of ether oxygens (including phenoxy) is 3. The molecule has 2 amide bonds. The van der Waals surface area contributed by atoms with E-state index >= 15 is 0 Å². The molecular formula is C19H23NO6. The maximum Gasteiger partial charge on any atom is 0.334 e. The first kappa shape index (κ1) is 18.5. The first-order valence-electron chi connectivity index (χ1n) is 8.93. The molecule has 0 bridgehead atoms. The van der Waals surface area contributed by atoms with E-state index in [2.05, 4.69) is 0 Å². The van der Waals surface area contributed by atoms with Crippen LogP contribution in [0, 0.1) is 0 Å². The van der Waals surface area contributed by atoms with Crippen molar-refractivity contribution in [3.05, 3.63) is 35.4 Å². The number of rotatable bonds is 8. The summed E-state index contributed by atoms with van der Waals surface area (Å²) in [6, 6.07) is 6.74. The first-order chi connectivity index (χ1) is 12.6. The summed E-state index contributed by atoms with van der Waals surface area (Å²) >= 11 is 0. The number of carbonyl (C=O) groups is 3. The van der Waals surface area contributed by atoms with Gasteiger partial charge in [0.1, 0.15) is 0 Å². The van der Waals surface area contributed by atoms with E-state index in [-0.39, 0.29) is 31.1 Å². The van der Waals surface area contributed by atoms with Gasteiger partial charge in [-0.3, -0.25) is 14.5 Å². The molecule has 1 saturated heterocycles. The Morgan fingerprint density at radius 3 is 2.58 bits per heavy atom. The van der Waals surface area contributed by atoms with Crippen molar-refractivity contribution in [1.82, 2.24) is 4.90 Å². The van der Waals surface area contributed by atoms with Crippen molar-refractivity contribution in [2.45, 2.75) is 38.4 Å². The highest BCUT2D eigenvalue weighted by molar-refractivity contribution is 6.21. The molecule has 0 N–H and O–H groups in total. The van der Waals surface area contributed by atoms with Crippen LogP contribution >= 0.6 is 0 Å². The molecule has 140 valence electrons. The van der Waals surface area contributed by atoms with Crippen molar-refractivity contribution < 1.29 is 28.6 Å². The van der Waals surface area contributed by atoms with Gasteiger partial charge in [0.15, 0.2) is 6.10 Å². The van der Waals surface area contributed by atoms with E-state index in [1.54, 1.807) is 31.2 Å². The Bertz CT molecular complexity index is 647. The van der Waals surface area contributed by atoms with Crippen LogP contribution in [0.1, 0.15) is 46.9 Å². The summed E-state index contributed by atoms with van der Waals surface area (Å²) in [5.74, 6) is -1.05. The van der Waals surface area contributed by atoms with Crippen LogP contribution in [0.15, 0.2) is 24.3 Å². The molecule has 7 heteroatoms. The summed E-state index contributed by atoms with van der Waals surface area (Å²) in [6.07, 6.45) is 1.74. The minimum Gasteiger partial charge on any atom is -0.464 e. The number of amides is 2. The predicted octanol–water partition coefficient (Wildman–Crippen LogP) is 1.80. The lowest BCUT2D eigenvalue weighted by Crippen LogP contribution is -2.32. The van der Waals surface area contributed by atoms with Crippen LogP contribution in [0.25, 0.3) is 0 Å². The molecule has 1 aromatic rings. The molecule has 0 radical (unpaired) electrons. The molecule has 1 aromatic carbocycles. The van der Waals surface area contributed by atoms with Gasteiger partial charge in [0.05, 0.1) is 30.4 Å². The Morgan fingerprint density at radius 2 is 1.96 bits per heavy atom. The number of esters is 1. The van der Waals surface area contributed by atoms with Crippen molar-refractivity contribution in [1.29, 1.82) is 0 Å². The fraction of sp³-hybridized carbons (Fsp3) is 0.526. The topological polar surface area (TPSA) is 82.1 Å². The highest BCUT2D eigenvalue weighted by Gasteiger charge is 2.34. The molecule has 3 rings (SSSR count). The minimum atomic E-state index is -0.668. The summed E-state index contributed by atoms with van der Waals surface area (Å²) in [7, 11) is 0. The molecule has 0 saturated carbocycles. The number of hydrogen-bond acceptors (Lipinski definition) is 6. The number of hydrogen-bond donors (Lipinski definition) is 0. The standard InChI is InChI=1S/C19H23NO6/c1-13(26-12-14-6-4-10-24-14)19(23)25-11-5-9-20-17(21)15-7-2-3-8-16(15)18(20)22/h2-3,7-8,13-14H,4-6,9-12H2,1H3. The Kier molecular flexibility index (Phi) is 6.00. The van der Waals surface area contributed by atoms with Crippen LogP contribution in [0.2, 0.25) is 0 Å². The Morgan fingerprint density at radius 1 is 1.27 bits per heavy atom. The van der Waals surface area contributed by atoms with E-state index in [1.165, 1.54) is 4.90 Å². The molecule has 7 nitrogen and oxygen atoms in total. The van der Waals surface area contributed by atoms with Crippen molar-refractivity contribution in [3.8, 4) is 0 Å². The SMILES string of the molecule is CC(OCC1CCCO1)C(=O)OCCCN1C(=O)c2ccccc2C1=O. The van der Waals surface area contributed by atoms with Crippen LogP contribution in [0.5, 0.6) is 0 Å². The van der Waals surface area contributed by atoms with Crippen molar-refractivity contribution >= 4 is 17.8 Å². The summed E-state index contributed by atoms with van der Waals surface area (Å²) < 4.78 is 16.1. The van der Waals surface area contributed by atoms with Crippen LogP contribution < -0.4 is 0 Å². The molecule has 0 aliphatic carbocycles. The maximum atomic E-state index is 12.2. The molecule has 2 aliphatic rings. The second-order valence-corrected chi connectivity index (χ2v) is 6.44. The third kappa shape index (κ3) is 4.11. The third-order valence-electron chi connectivity index (χ3n) is 4.54. The van der Waals surface area contributed by atoms with Crippen molar-refractivity contribution in [3.63, 3.8) is 0 Å². The minimum absolute atomic E-state index is 0.0547. The molecule has 2 atom stereocenters. The predicted molar refractivity (Wildman–Crippen MR) is 91.8 cm³/mol. The van der Waals surface area contributed by atoms with E-state index in [9.17, 15) is 14.4 Å². The highest BCUT2D eigenvalue weighted by Crippen LogP contribution is 2.22. The monoisotopic (exact) mass is 361 g/mol. The zero-order valence-electron chi connectivity index (χ0n) is 14.8. The van der Waals surface area contributed by atoms with Crippen LogP contribution in [0.3, 0.4) is 0 Å². The second-order valence-electron chi connectivity index (χ2n) is 6.44. The summed E-state index contributed by atoms with van der Waals surface area (Å²) in [4.78, 5) is 37.5. The van der Waals surface area contributed by atoms with Gasteiger partial charge >= 0.3 is 5.97 Å². The molecule has 26 heavy (non-hydrogen) atoms. The zero-order chi connectivity index (χ0) is 18.5. The van der Waals surface area contributed by atoms with Gasteiger partial charge in [-0.1, -0.05) is 12.1 Å². The number of carbonyl (C=O) groups excluding carboxylic acids is 3. The first-order valence-corrected chi connectivity index (χ1v) is 8.93. The van der Waals surface area contributed by atoms with Gasteiger partial charge in [-0.25, -0.2) is 4.79 Å². The van der Waals surface area contributed by atoms with Gasteiger partial charge in [-0.2, -0.15) is 0 Å². The lowest BCUT2D eigenvalue weighted by Gasteiger charge is -2.16. The van der Waals surface area contributed by atoms with Crippen LogP contribution in [-0.4, -0.2) is 61.3 Å². The fourth-order valence-corrected chi connectivity index (χ4v) is 3.05. The third-order valence-corrected chi connectivity index (χ3v) is 4.54.